The fourth-order valence-corrected chi connectivity index (χ4v) is 2.63. The van der Waals surface area contributed by atoms with Crippen LogP contribution in [0.1, 0.15) is 25.7 Å². The number of anilines is 1. The minimum absolute atomic E-state index is 0.746. The van der Waals surface area contributed by atoms with Gasteiger partial charge in [-0.1, -0.05) is 25.0 Å². The van der Waals surface area contributed by atoms with Crippen LogP contribution in [-0.4, -0.2) is 33.3 Å². The zero-order valence-electron chi connectivity index (χ0n) is 11.5. The number of likely N-dealkylation sites (N-methyl/N-ethyl adjacent to an activating group) is 1. The van der Waals surface area contributed by atoms with Crippen LogP contribution in [0.25, 0.3) is 0 Å². The van der Waals surface area contributed by atoms with E-state index < -0.39 is 0 Å². The maximum Gasteiger partial charge on any atom is 0.142 e. The summed E-state index contributed by atoms with van der Waals surface area (Å²) in [6.45, 7) is 2.05. The van der Waals surface area contributed by atoms with E-state index in [2.05, 4.69) is 29.4 Å². The fourth-order valence-electron chi connectivity index (χ4n) is 2.63. The first kappa shape index (κ1) is 13.2. The van der Waals surface area contributed by atoms with Crippen LogP contribution < -0.4 is 15.0 Å². The third-order valence-corrected chi connectivity index (χ3v) is 3.73. The van der Waals surface area contributed by atoms with Gasteiger partial charge in [-0.05, 0) is 25.0 Å². The van der Waals surface area contributed by atoms with Crippen LogP contribution in [-0.2, 0) is 0 Å². The Kier molecular flexibility index (Phi) is 4.88. The van der Waals surface area contributed by atoms with E-state index in [4.69, 9.17) is 4.74 Å². The summed E-state index contributed by atoms with van der Waals surface area (Å²) in [5.74, 6) is 0.945. The minimum Gasteiger partial charge on any atom is -0.495 e. The maximum atomic E-state index is 5.38. The summed E-state index contributed by atoms with van der Waals surface area (Å²) in [5, 5.41) is 3.64. The van der Waals surface area contributed by atoms with Crippen LogP contribution in [0.5, 0.6) is 5.75 Å². The highest BCUT2D eigenvalue weighted by molar-refractivity contribution is 5.57. The topological polar surface area (TPSA) is 24.5 Å². The Balaban J connectivity index is 1.81. The number of nitrogens with zero attached hydrogens (tertiary/aromatic N) is 1. The van der Waals surface area contributed by atoms with E-state index in [1.165, 1.54) is 25.7 Å². The number of hydrogen-bond donors (Lipinski definition) is 1. The highest BCUT2D eigenvalue weighted by Gasteiger charge is 2.14. The quantitative estimate of drug-likeness (QED) is 0.837. The molecule has 3 heteroatoms. The lowest BCUT2D eigenvalue weighted by atomic mass is 10.2. The summed E-state index contributed by atoms with van der Waals surface area (Å²) in [6, 6.07) is 8.92. The molecule has 0 amide bonds. The number of para-hydroxylation sites is 2. The molecule has 18 heavy (non-hydrogen) atoms. The molecule has 1 aliphatic carbocycles. The zero-order valence-corrected chi connectivity index (χ0v) is 11.5. The van der Waals surface area contributed by atoms with Crippen molar-refractivity contribution in [2.24, 2.45) is 0 Å². The second kappa shape index (κ2) is 6.64. The molecule has 3 nitrogen and oxygen atoms in total. The molecule has 100 valence electrons. The molecular weight excluding hydrogens is 224 g/mol. The van der Waals surface area contributed by atoms with Crippen molar-refractivity contribution < 1.29 is 4.74 Å². The summed E-state index contributed by atoms with van der Waals surface area (Å²) in [7, 11) is 3.84. The Morgan fingerprint density at radius 1 is 1.28 bits per heavy atom. The van der Waals surface area contributed by atoms with Gasteiger partial charge in [0.1, 0.15) is 5.75 Å². The van der Waals surface area contributed by atoms with E-state index in [9.17, 15) is 0 Å². The van der Waals surface area contributed by atoms with Gasteiger partial charge in [-0.25, -0.2) is 0 Å². The molecule has 1 aliphatic rings. The molecule has 1 aromatic carbocycles. The van der Waals surface area contributed by atoms with Gasteiger partial charge in [0, 0.05) is 26.2 Å². The van der Waals surface area contributed by atoms with Gasteiger partial charge in [0.2, 0.25) is 0 Å². The van der Waals surface area contributed by atoms with Crippen molar-refractivity contribution in [2.75, 3.05) is 32.1 Å². The van der Waals surface area contributed by atoms with Crippen molar-refractivity contribution in [1.82, 2.24) is 5.32 Å². The Morgan fingerprint density at radius 2 is 2.00 bits per heavy atom. The Bertz CT molecular complexity index is 361. The van der Waals surface area contributed by atoms with Crippen LogP contribution in [0.4, 0.5) is 5.69 Å². The SMILES string of the molecule is COc1ccccc1N(C)CCNC1CCCC1. The molecule has 2 rings (SSSR count). The average molecular weight is 248 g/mol. The molecule has 1 fully saturated rings. The van der Waals surface area contributed by atoms with Gasteiger partial charge in [-0.3, -0.25) is 0 Å². The highest BCUT2D eigenvalue weighted by Crippen LogP contribution is 2.26. The molecule has 0 aromatic heterocycles. The van der Waals surface area contributed by atoms with Gasteiger partial charge in [-0.15, -0.1) is 0 Å². The number of methoxy groups -OCH3 is 1. The van der Waals surface area contributed by atoms with Crippen LogP contribution in [0, 0.1) is 0 Å². The molecule has 0 heterocycles. The largest absolute Gasteiger partial charge is 0.495 e. The van der Waals surface area contributed by atoms with Crippen LogP contribution in [0.3, 0.4) is 0 Å². The van der Waals surface area contributed by atoms with Gasteiger partial charge in [-0.2, -0.15) is 0 Å². The van der Waals surface area contributed by atoms with E-state index in [1.807, 2.05) is 12.1 Å². The predicted molar refractivity (Wildman–Crippen MR) is 76.5 cm³/mol. The molecule has 0 unspecified atom stereocenters. The molecule has 0 bridgehead atoms. The Hall–Kier alpha value is -1.22. The van der Waals surface area contributed by atoms with Crippen molar-refractivity contribution in [3.63, 3.8) is 0 Å². The lowest BCUT2D eigenvalue weighted by Crippen LogP contribution is -2.34. The summed E-state index contributed by atoms with van der Waals surface area (Å²) < 4.78 is 5.38. The van der Waals surface area contributed by atoms with E-state index in [0.717, 1.165) is 30.6 Å². The van der Waals surface area contributed by atoms with E-state index in [0.29, 0.717) is 0 Å². The summed E-state index contributed by atoms with van der Waals surface area (Å²) >= 11 is 0. The van der Waals surface area contributed by atoms with Crippen LogP contribution in [0.2, 0.25) is 0 Å². The van der Waals surface area contributed by atoms with Crippen molar-refractivity contribution in [1.29, 1.82) is 0 Å². The molecule has 0 spiro atoms. The van der Waals surface area contributed by atoms with E-state index in [1.54, 1.807) is 7.11 Å². The second-order valence-electron chi connectivity index (χ2n) is 5.03. The van der Waals surface area contributed by atoms with Crippen molar-refractivity contribution >= 4 is 5.69 Å². The fraction of sp³-hybridized carbons (Fsp3) is 0.600. The van der Waals surface area contributed by atoms with Gasteiger partial charge in [0.25, 0.3) is 0 Å². The van der Waals surface area contributed by atoms with Crippen molar-refractivity contribution in [3.05, 3.63) is 24.3 Å². The molecule has 1 saturated carbocycles. The third kappa shape index (κ3) is 3.39. The first-order chi connectivity index (χ1) is 8.81. The maximum absolute atomic E-state index is 5.38. The standard InChI is InChI=1S/C15H24N2O/c1-17(12-11-16-13-7-3-4-8-13)14-9-5-6-10-15(14)18-2/h5-6,9-10,13,16H,3-4,7-8,11-12H2,1-2H3. The molecule has 1 N–H and O–H groups in total. The zero-order chi connectivity index (χ0) is 12.8. The molecule has 0 atom stereocenters. The lowest BCUT2D eigenvalue weighted by Gasteiger charge is -2.22. The van der Waals surface area contributed by atoms with E-state index in [-0.39, 0.29) is 0 Å². The number of hydrogen-bond acceptors (Lipinski definition) is 3. The predicted octanol–water partition coefficient (Wildman–Crippen LogP) is 2.66. The number of benzene rings is 1. The Labute approximate surface area is 110 Å². The molecule has 0 aliphatic heterocycles. The van der Waals surface area contributed by atoms with Gasteiger partial charge < -0.3 is 15.0 Å². The van der Waals surface area contributed by atoms with E-state index >= 15 is 0 Å². The summed E-state index contributed by atoms with van der Waals surface area (Å²) in [6.07, 6.45) is 5.47. The highest BCUT2D eigenvalue weighted by atomic mass is 16.5. The van der Waals surface area contributed by atoms with Crippen LogP contribution >= 0.6 is 0 Å². The molecule has 0 saturated heterocycles. The summed E-state index contributed by atoms with van der Waals surface area (Å²) in [5.41, 5.74) is 1.16. The first-order valence-electron chi connectivity index (χ1n) is 6.89. The van der Waals surface area contributed by atoms with Gasteiger partial charge in [0.05, 0.1) is 12.8 Å². The van der Waals surface area contributed by atoms with Crippen molar-refractivity contribution in [3.8, 4) is 5.75 Å². The number of rotatable bonds is 6. The van der Waals surface area contributed by atoms with Gasteiger partial charge >= 0.3 is 0 Å². The normalized spacial score (nSPS) is 15.9. The average Bonchev–Trinajstić information content (AvgIpc) is 2.91. The van der Waals surface area contributed by atoms with Crippen molar-refractivity contribution in [2.45, 2.75) is 31.7 Å². The van der Waals surface area contributed by atoms with Crippen LogP contribution in [0.15, 0.2) is 24.3 Å². The first-order valence-corrected chi connectivity index (χ1v) is 6.89. The molecule has 1 aromatic rings. The molecular formula is C15H24N2O. The van der Waals surface area contributed by atoms with Gasteiger partial charge in [0.15, 0.2) is 0 Å². The summed E-state index contributed by atoms with van der Waals surface area (Å²) in [4.78, 5) is 2.25. The number of nitrogens with one attached hydrogen (secondary N) is 1. The second-order valence-corrected chi connectivity index (χ2v) is 5.03. The monoisotopic (exact) mass is 248 g/mol. The minimum atomic E-state index is 0.746. The molecule has 0 radical (unpaired) electrons. The number of ether oxygens (including phenoxy) is 1. The lowest BCUT2D eigenvalue weighted by molar-refractivity contribution is 0.414. The Morgan fingerprint density at radius 3 is 2.72 bits per heavy atom. The third-order valence-electron chi connectivity index (χ3n) is 3.73. The smallest absolute Gasteiger partial charge is 0.142 e.